The van der Waals surface area contributed by atoms with Crippen molar-refractivity contribution in [2.75, 3.05) is 0 Å². The Hall–Kier alpha value is -3.54. The van der Waals surface area contributed by atoms with Crippen LogP contribution in [0.15, 0.2) is 53.3 Å². The van der Waals surface area contributed by atoms with Gasteiger partial charge in [-0.05, 0) is 44.4 Å². The highest BCUT2D eigenvalue weighted by molar-refractivity contribution is 6.04. The fourth-order valence-electron chi connectivity index (χ4n) is 5.20. The summed E-state index contributed by atoms with van der Waals surface area (Å²) in [4.78, 5) is 28.8. The van der Waals surface area contributed by atoms with Crippen molar-refractivity contribution in [3.05, 3.63) is 75.8 Å². The number of para-hydroxylation sites is 2. The Morgan fingerprint density at radius 2 is 1.55 bits per heavy atom. The predicted molar refractivity (Wildman–Crippen MR) is 132 cm³/mol. The molecule has 0 spiro atoms. The Bertz CT molecular complexity index is 1560. The normalized spacial score (nSPS) is 15.1. The van der Waals surface area contributed by atoms with Gasteiger partial charge in [0.15, 0.2) is 11.3 Å². The molecule has 0 saturated heterocycles. The Morgan fingerprint density at radius 1 is 0.848 bits per heavy atom. The van der Waals surface area contributed by atoms with Gasteiger partial charge in [-0.1, -0.05) is 61.2 Å². The minimum absolute atomic E-state index is 0.0396. The van der Waals surface area contributed by atoms with Crippen molar-refractivity contribution in [2.45, 2.75) is 58.5 Å². The summed E-state index contributed by atoms with van der Waals surface area (Å²) in [6, 6.07) is 16.5. The number of rotatable bonds is 3. The summed E-state index contributed by atoms with van der Waals surface area (Å²) in [5, 5.41) is 0.589. The number of hydrogen-bond donors (Lipinski definition) is 0. The maximum Gasteiger partial charge on any atom is 0.265 e. The molecular weight excluding hydrogens is 410 g/mol. The first-order valence-corrected chi connectivity index (χ1v) is 11.8. The molecule has 6 nitrogen and oxygen atoms in total. The van der Waals surface area contributed by atoms with Crippen LogP contribution in [0.4, 0.5) is 0 Å². The van der Waals surface area contributed by atoms with Crippen molar-refractivity contribution in [1.82, 2.24) is 24.1 Å². The zero-order valence-electron chi connectivity index (χ0n) is 19.1. The van der Waals surface area contributed by atoms with E-state index in [2.05, 4.69) is 35.8 Å². The molecule has 0 atom stereocenters. The summed E-state index contributed by atoms with van der Waals surface area (Å²) < 4.78 is 3.99. The molecular formula is C27H27N5O. The molecule has 33 heavy (non-hydrogen) atoms. The number of aryl methyl sites for hydroxylation is 2. The SMILES string of the molecule is Cc1ccc(Cn2c(C)nc3c(c2=O)c2nc4ccccc4nc2n3C2CCCCC2)cc1. The Balaban J connectivity index is 1.65. The maximum absolute atomic E-state index is 13.9. The Kier molecular flexibility index (Phi) is 4.75. The summed E-state index contributed by atoms with van der Waals surface area (Å²) in [7, 11) is 0. The molecule has 1 aliphatic rings. The van der Waals surface area contributed by atoms with E-state index in [4.69, 9.17) is 15.0 Å². The fraction of sp³-hybridized carbons (Fsp3) is 0.333. The molecule has 0 aliphatic heterocycles. The summed E-state index contributed by atoms with van der Waals surface area (Å²) in [5.41, 5.74) is 6.09. The fourth-order valence-corrected chi connectivity index (χ4v) is 5.20. The van der Waals surface area contributed by atoms with E-state index in [0.29, 0.717) is 23.5 Å². The zero-order chi connectivity index (χ0) is 22.5. The molecule has 1 aliphatic carbocycles. The van der Waals surface area contributed by atoms with E-state index in [1.807, 2.05) is 31.2 Å². The molecule has 1 saturated carbocycles. The van der Waals surface area contributed by atoms with E-state index in [-0.39, 0.29) is 5.56 Å². The standard InChI is InChI=1S/C27H27N5O/c1-17-12-14-19(15-13-17)16-31-18(2)28-25-23(27(31)33)24-26(32(25)20-8-4-3-5-9-20)30-22-11-7-6-10-21(22)29-24/h6-7,10-15,20H,3-5,8-9,16H2,1-2H3. The van der Waals surface area contributed by atoms with Gasteiger partial charge in [-0.3, -0.25) is 9.36 Å². The highest BCUT2D eigenvalue weighted by Crippen LogP contribution is 2.35. The van der Waals surface area contributed by atoms with Gasteiger partial charge in [0.05, 0.1) is 17.6 Å². The van der Waals surface area contributed by atoms with Crippen LogP contribution < -0.4 is 5.56 Å². The third kappa shape index (κ3) is 3.32. The van der Waals surface area contributed by atoms with Gasteiger partial charge in [0.1, 0.15) is 16.7 Å². The molecule has 6 heteroatoms. The van der Waals surface area contributed by atoms with Gasteiger partial charge in [0.25, 0.3) is 5.56 Å². The van der Waals surface area contributed by atoms with Crippen molar-refractivity contribution in [1.29, 1.82) is 0 Å². The van der Waals surface area contributed by atoms with Gasteiger partial charge < -0.3 is 4.57 Å². The number of aromatic nitrogens is 5. The van der Waals surface area contributed by atoms with Gasteiger partial charge >= 0.3 is 0 Å². The van der Waals surface area contributed by atoms with E-state index in [1.165, 1.54) is 24.8 Å². The average molecular weight is 438 g/mol. The van der Waals surface area contributed by atoms with Crippen molar-refractivity contribution in [3.63, 3.8) is 0 Å². The quantitative estimate of drug-likeness (QED) is 0.376. The van der Waals surface area contributed by atoms with Crippen molar-refractivity contribution in [2.24, 2.45) is 0 Å². The van der Waals surface area contributed by atoms with Crippen LogP contribution in [0.5, 0.6) is 0 Å². The van der Waals surface area contributed by atoms with Crippen LogP contribution in [0.2, 0.25) is 0 Å². The second-order valence-electron chi connectivity index (χ2n) is 9.28. The van der Waals surface area contributed by atoms with Crippen LogP contribution in [0.3, 0.4) is 0 Å². The largest absolute Gasteiger partial charge is 0.305 e. The lowest BCUT2D eigenvalue weighted by Crippen LogP contribution is -2.25. The lowest BCUT2D eigenvalue weighted by atomic mass is 9.95. The van der Waals surface area contributed by atoms with Gasteiger partial charge in [0, 0.05) is 6.04 Å². The van der Waals surface area contributed by atoms with Crippen LogP contribution in [0.25, 0.3) is 33.2 Å². The highest BCUT2D eigenvalue weighted by Gasteiger charge is 2.26. The molecule has 6 rings (SSSR count). The third-order valence-corrected chi connectivity index (χ3v) is 6.99. The second kappa shape index (κ2) is 7.80. The lowest BCUT2D eigenvalue weighted by Gasteiger charge is -2.24. The van der Waals surface area contributed by atoms with E-state index in [1.54, 1.807) is 4.57 Å². The van der Waals surface area contributed by atoms with Crippen LogP contribution in [-0.2, 0) is 6.54 Å². The first kappa shape index (κ1) is 20.1. The van der Waals surface area contributed by atoms with Gasteiger partial charge in [-0.2, -0.15) is 0 Å². The molecule has 0 unspecified atom stereocenters. The molecule has 5 aromatic rings. The molecule has 1 fully saturated rings. The van der Waals surface area contributed by atoms with Gasteiger partial charge in [-0.15, -0.1) is 0 Å². The molecule has 3 heterocycles. The molecule has 0 bridgehead atoms. The maximum atomic E-state index is 13.9. The number of fused-ring (bicyclic) bond motifs is 4. The van der Waals surface area contributed by atoms with Crippen LogP contribution in [0, 0.1) is 13.8 Å². The van der Waals surface area contributed by atoms with E-state index < -0.39 is 0 Å². The lowest BCUT2D eigenvalue weighted by molar-refractivity contribution is 0.365. The van der Waals surface area contributed by atoms with Gasteiger partial charge in [-0.25, -0.2) is 15.0 Å². The zero-order valence-corrected chi connectivity index (χ0v) is 19.1. The second-order valence-corrected chi connectivity index (χ2v) is 9.28. The van der Waals surface area contributed by atoms with E-state index in [0.717, 1.165) is 46.6 Å². The first-order valence-electron chi connectivity index (χ1n) is 11.8. The van der Waals surface area contributed by atoms with Crippen LogP contribution >= 0.6 is 0 Å². The highest BCUT2D eigenvalue weighted by atomic mass is 16.1. The van der Waals surface area contributed by atoms with Crippen LogP contribution in [-0.4, -0.2) is 24.1 Å². The monoisotopic (exact) mass is 437 g/mol. The molecule has 3 aromatic heterocycles. The van der Waals surface area contributed by atoms with Crippen molar-refractivity contribution in [3.8, 4) is 0 Å². The minimum Gasteiger partial charge on any atom is -0.305 e. The van der Waals surface area contributed by atoms with E-state index >= 15 is 0 Å². The average Bonchev–Trinajstić information content (AvgIpc) is 3.14. The minimum atomic E-state index is -0.0396. The van der Waals surface area contributed by atoms with Crippen molar-refractivity contribution >= 4 is 33.2 Å². The summed E-state index contributed by atoms with van der Waals surface area (Å²) in [6.45, 7) is 4.48. The number of nitrogens with zero attached hydrogens (tertiary/aromatic N) is 5. The molecule has 166 valence electrons. The topological polar surface area (TPSA) is 65.6 Å². The van der Waals surface area contributed by atoms with Gasteiger partial charge in [0.2, 0.25) is 0 Å². The molecule has 0 radical (unpaired) electrons. The third-order valence-electron chi connectivity index (χ3n) is 6.99. The van der Waals surface area contributed by atoms with E-state index in [9.17, 15) is 4.79 Å². The smallest absolute Gasteiger partial charge is 0.265 e. The molecule has 2 aromatic carbocycles. The molecule has 0 amide bonds. The van der Waals surface area contributed by atoms with Crippen LogP contribution in [0.1, 0.15) is 55.1 Å². The Labute approximate surface area is 191 Å². The van der Waals surface area contributed by atoms with Crippen molar-refractivity contribution < 1.29 is 0 Å². The summed E-state index contributed by atoms with van der Waals surface area (Å²) >= 11 is 0. The summed E-state index contributed by atoms with van der Waals surface area (Å²) in [6.07, 6.45) is 5.81. The summed E-state index contributed by atoms with van der Waals surface area (Å²) in [5.74, 6) is 0.720. The number of hydrogen-bond acceptors (Lipinski definition) is 4. The molecule has 0 N–H and O–H groups in total. The Morgan fingerprint density at radius 3 is 2.27 bits per heavy atom. The first-order chi connectivity index (χ1) is 16.1. The predicted octanol–water partition coefficient (Wildman–Crippen LogP) is 5.46. The number of benzene rings is 2.